The number of rotatable bonds is 5. The van der Waals surface area contributed by atoms with Crippen molar-refractivity contribution in [1.82, 2.24) is 10.3 Å². The van der Waals surface area contributed by atoms with Crippen molar-refractivity contribution in [3.63, 3.8) is 0 Å². The van der Waals surface area contributed by atoms with Crippen LogP contribution in [-0.4, -0.2) is 11.5 Å². The van der Waals surface area contributed by atoms with Crippen LogP contribution in [0.25, 0.3) is 33.3 Å². The number of pyridine rings is 1. The number of fused-ring (bicyclic) bond motifs is 3. The van der Waals surface area contributed by atoms with Crippen molar-refractivity contribution in [3.05, 3.63) is 63.3 Å². The molecule has 3 heterocycles. The largest absolute Gasteiger partial charge is 0.454 e. The molecule has 3 aromatic heterocycles. The monoisotopic (exact) mass is 438 g/mol. The van der Waals surface area contributed by atoms with Crippen molar-refractivity contribution in [3.8, 4) is 11.3 Å². The van der Waals surface area contributed by atoms with Gasteiger partial charge in [-0.15, -0.1) is 12.4 Å². The minimum absolute atomic E-state index is 0. The van der Waals surface area contributed by atoms with Crippen LogP contribution in [0.15, 0.2) is 44.1 Å². The molecule has 0 saturated heterocycles. The molecule has 0 spiro atoms. The third-order valence-corrected chi connectivity index (χ3v) is 5.91. The summed E-state index contributed by atoms with van der Waals surface area (Å²) in [4.78, 5) is 16.8. The maximum Gasteiger partial charge on any atom is 0.336 e. The first-order chi connectivity index (χ1) is 14.5. The van der Waals surface area contributed by atoms with Crippen molar-refractivity contribution in [2.45, 2.75) is 46.6 Å². The molecule has 5 rings (SSSR count). The predicted molar refractivity (Wildman–Crippen MR) is 126 cm³/mol. The van der Waals surface area contributed by atoms with Gasteiger partial charge in [0.2, 0.25) is 0 Å². The molecule has 5 nitrogen and oxygen atoms in total. The first-order valence-corrected chi connectivity index (χ1v) is 10.7. The summed E-state index contributed by atoms with van der Waals surface area (Å²) in [6, 6.07) is 7.78. The molecule has 1 aromatic carbocycles. The van der Waals surface area contributed by atoms with E-state index in [1.165, 1.54) is 11.1 Å². The molecule has 0 atom stereocenters. The number of benzene rings is 1. The molecule has 0 fully saturated rings. The number of nitrogens with zero attached hydrogens (tertiary/aromatic N) is 1. The minimum atomic E-state index is -0.357. The third-order valence-electron chi connectivity index (χ3n) is 5.91. The van der Waals surface area contributed by atoms with Gasteiger partial charge in [0.15, 0.2) is 5.58 Å². The van der Waals surface area contributed by atoms with E-state index in [1.807, 2.05) is 25.3 Å². The van der Waals surface area contributed by atoms with E-state index in [2.05, 4.69) is 30.2 Å². The highest BCUT2D eigenvalue weighted by molar-refractivity contribution is 5.96. The third kappa shape index (κ3) is 4.00. The van der Waals surface area contributed by atoms with Gasteiger partial charge in [-0.2, -0.15) is 0 Å². The van der Waals surface area contributed by atoms with Crippen molar-refractivity contribution in [2.24, 2.45) is 5.92 Å². The zero-order valence-electron chi connectivity index (χ0n) is 18.1. The van der Waals surface area contributed by atoms with Crippen molar-refractivity contribution in [2.75, 3.05) is 6.54 Å². The first-order valence-electron chi connectivity index (χ1n) is 10.7. The second-order valence-corrected chi connectivity index (χ2v) is 8.70. The lowest BCUT2D eigenvalue weighted by molar-refractivity contribution is 0.552. The molecule has 0 aliphatic heterocycles. The average molecular weight is 439 g/mol. The van der Waals surface area contributed by atoms with Gasteiger partial charge < -0.3 is 14.2 Å². The number of furan rings is 1. The standard InChI is InChI=1S/C25H26N2O3.ClH/c1-14(2)11-26-12-18-13-27-15(3)25-19(18)9-23(30-25)21-10-24(28)29-22-8-17-6-4-5-16(17)7-20(21)22;/h7-10,13-14,26H,4-6,11-12H2,1-3H3;1H. The molecular weight excluding hydrogens is 412 g/mol. The van der Waals surface area contributed by atoms with E-state index < -0.39 is 0 Å². The Hall–Kier alpha value is -2.63. The number of halogens is 1. The Labute approximate surface area is 187 Å². The summed E-state index contributed by atoms with van der Waals surface area (Å²) in [5.74, 6) is 1.26. The Kier molecular flexibility index (Phi) is 5.91. The quantitative estimate of drug-likeness (QED) is 0.413. The van der Waals surface area contributed by atoms with Crippen LogP contribution < -0.4 is 10.9 Å². The molecule has 1 aliphatic rings. The zero-order chi connectivity index (χ0) is 20.8. The van der Waals surface area contributed by atoms with Gasteiger partial charge in [0.1, 0.15) is 11.3 Å². The lowest BCUT2D eigenvalue weighted by Crippen LogP contribution is -2.19. The summed E-state index contributed by atoms with van der Waals surface area (Å²) in [5, 5.41) is 5.45. The van der Waals surface area contributed by atoms with Gasteiger partial charge in [-0.3, -0.25) is 4.98 Å². The van der Waals surface area contributed by atoms with E-state index >= 15 is 0 Å². The van der Waals surface area contributed by atoms with E-state index in [-0.39, 0.29) is 18.0 Å². The second kappa shape index (κ2) is 8.48. The fraction of sp³-hybridized carbons (Fsp3) is 0.360. The number of hydrogen-bond donors (Lipinski definition) is 1. The Morgan fingerprint density at radius 2 is 1.84 bits per heavy atom. The minimum Gasteiger partial charge on any atom is -0.454 e. The van der Waals surface area contributed by atoms with Gasteiger partial charge in [0, 0.05) is 35.1 Å². The summed E-state index contributed by atoms with van der Waals surface area (Å²) in [6.45, 7) is 8.00. The molecule has 0 saturated carbocycles. The van der Waals surface area contributed by atoms with Gasteiger partial charge in [0.25, 0.3) is 0 Å². The number of aromatic nitrogens is 1. The summed E-state index contributed by atoms with van der Waals surface area (Å²) < 4.78 is 11.8. The molecule has 0 bridgehead atoms. The van der Waals surface area contributed by atoms with Crippen LogP contribution in [0.3, 0.4) is 0 Å². The molecule has 4 aromatic rings. The van der Waals surface area contributed by atoms with Crippen LogP contribution in [-0.2, 0) is 19.4 Å². The molecular formula is C25H27ClN2O3. The van der Waals surface area contributed by atoms with Crippen LogP contribution in [0.4, 0.5) is 0 Å². The van der Waals surface area contributed by atoms with E-state index in [1.54, 1.807) is 6.07 Å². The summed E-state index contributed by atoms with van der Waals surface area (Å²) in [6.07, 6.45) is 5.17. The van der Waals surface area contributed by atoms with E-state index in [0.29, 0.717) is 17.3 Å². The Morgan fingerprint density at radius 1 is 1.06 bits per heavy atom. The van der Waals surface area contributed by atoms with Crippen LogP contribution in [0.2, 0.25) is 0 Å². The highest BCUT2D eigenvalue weighted by atomic mass is 35.5. The van der Waals surface area contributed by atoms with Crippen LogP contribution in [0.1, 0.15) is 42.7 Å². The van der Waals surface area contributed by atoms with Gasteiger partial charge >= 0.3 is 5.63 Å². The molecule has 6 heteroatoms. The normalized spacial score (nSPS) is 13.2. The Balaban J connectivity index is 0.00000231. The van der Waals surface area contributed by atoms with Crippen LogP contribution in [0, 0.1) is 12.8 Å². The number of nitrogens with one attached hydrogen (secondary N) is 1. The SMILES string of the molecule is Cc1ncc(CNCC(C)C)c2cc(-c3cc(=O)oc4cc5c(cc34)CCC5)oc12.Cl. The fourth-order valence-corrected chi connectivity index (χ4v) is 4.40. The van der Waals surface area contributed by atoms with Crippen LogP contribution >= 0.6 is 12.4 Å². The Bertz CT molecular complexity index is 1320. The maximum absolute atomic E-state index is 12.3. The maximum atomic E-state index is 12.3. The van der Waals surface area contributed by atoms with Gasteiger partial charge in [-0.1, -0.05) is 13.8 Å². The molecule has 0 unspecified atom stereocenters. The Morgan fingerprint density at radius 3 is 2.61 bits per heavy atom. The van der Waals surface area contributed by atoms with Crippen molar-refractivity contribution >= 4 is 34.3 Å². The van der Waals surface area contributed by atoms with Gasteiger partial charge in [0.05, 0.1) is 5.69 Å². The van der Waals surface area contributed by atoms with Gasteiger partial charge in [-0.25, -0.2) is 4.79 Å². The highest BCUT2D eigenvalue weighted by Gasteiger charge is 2.19. The zero-order valence-corrected chi connectivity index (χ0v) is 18.9. The predicted octanol–water partition coefficient (Wildman–Crippen LogP) is 5.57. The number of hydrogen-bond acceptors (Lipinski definition) is 5. The summed E-state index contributed by atoms with van der Waals surface area (Å²) in [7, 11) is 0. The molecule has 0 radical (unpaired) electrons. The van der Waals surface area contributed by atoms with E-state index in [4.69, 9.17) is 8.83 Å². The fourth-order valence-electron chi connectivity index (χ4n) is 4.40. The highest BCUT2D eigenvalue weighted by Crippen LogP contribution is 2.36. The topological polar surface area (TPSA) is 68.3 Å². The van der Waals surface area contributed by atoms with E-state index in [9.17, 15) is 4.79 Å². The lowest BCUT2D eigenvalue weighted by atomic mass is 10.0. The smallest absolute Gasteiger partial charge is 0.336 e. The van der Waals surface area contributed by atoms with Crippen LogP contribution in [0.5, 0.6) is 0 Å². The lowest BCUT2D eigenvalue weighted by Gasteiger charge is -2.08. The molecule has 1 aliphatic carbocycles. The average Bonchev–Trinajstić information content (AvgIpc) is 3.34. The van der Waals surface area contributed by atoms with Gasteiger partial charge in [-0.05, 0) is 73.5 Å². The van der Waals surface area contributed by atoms with Crippen molar-refractivity contribution in [1.29, 1.82) is 0 Å². The molecule has 0 amide bonds. The molecule has 1 N–H and O–H groups in total. The second-order valence-electron chi connectivity index (χ2n) is 8.70. The first kappa shape index (κ1) is 21.6. The summed E-state index contributed by atoms with van der Waals surface area (Å²) in [5.41, 5.74) is 6.40. The van der Waals surface area contributed by atoms with Crippen molar-refractivity contribution < 1.29 is 8.83 Å². The summed E-state index contributed by atoms with van der Waals surface area (Å²) >= 11 is 0. The molecule has 31 heavy (non-hydrogen) atoms. The number of aryl methyl sites for hydroxylation is 3. The molecule has 162 valence electrons. The van der Waals surface area contributed by atoms with E-state index in [0.717, 1.165) is 65.5 Å².